The Balaban J connectivity index is 1.63. The summed E-state index contributed by atoms with van der Waals surface area (Å²) in [6.07, 6.45) is 4.67. The first kappa shape index (κ1) is 20.2. The summed E-state index contributed by atoms with van der Waals surface area (Å²) in [6, 6.07) is 12.7. The Hall–Kier alpha value is -3.52. The van der Waals surface area contributed by atoms with Gasteiger partial charge in [0.15, 0.2) is 0 Å². The molecule has 0 bridgehead atoms. The summed E-state index contributed by atoms with van der Waals surface area (Å²) >= 11 is 0. The Bertz CT molecular complexity index is 935. The highest BCUT2D eigenvalue weighted by Crippen LogP contribution is 2.17. The van der Waals surface area contributed by atoms with E-state index in [-0.39, 0.29) is 17.7 Å². The topological polar surface area (TPSA) is 111 Å². The molecule has 1 aliphatic rings. The molecule has 2 aromatic rings. The summed E-state index contributed by atoms with van der Waals surface area (Å²) < 4.78 is 5.50. The lowest BCUT2D eigenvalue weighted by Gasteiger charge is -2.13. The number of nitro benzene ring substituents is 1. The van der Waals surface area contributed by atoms with Crippen LogP contribution in [0.3, 0.4) is 0 Å². The Kier molecular flexibility index (Phi) is 6.70. The molecular formula is C21H21N3O5. The fraction of sp³-hybridized carbons (Fsp3) is 0.238. The lowest BCUT2D eigenvalue weighted by Crippen LogP contribution is -2.32. The van der Waals surface area contributed by atoms with Crippen LogP contribution in [0, 0.1) is 10.1 Å². The number of anilines is 1. The molecule has 0 spiro atoms. The maximum Gasteiger partial charge on any atom is 0.270 e. The molecule has 2 aromatic carbocycles. The molecule has 1 heterocycles. The molecular weight excluding hydrogens is 374 g/mol. The molecule has 29 heavy (non-hydrogen) atoms. The minimum Gasteiger partial charge on any atom is -0.376 e. The molecule has 150 valence electrons. The maximum atomic E-state index is 12.5. The maximum absolute atomic E-state index is 12.5. The average molecular weight is 395 g/mol. The number of nitrogens with one attached hydrogen (secondary N) is 2. The number of hydrogen-bond acceptors (Lipinski definition) is 5. The van der Waals surface area contributed by atoms with Gasteiger partial charge < -0.3 is 15.4 Å². The monoisotopic (exact) mass is 395 g/mol. The highest BCUT2D eigenvalue weighted by Gasteiger charge is 2.18. The average Bonchev–Trinajstić information content (AvgIpc) is 3.25. The molecule has 1 fully saturated rings. The normalized spacial score (nSPS) is 15.9. The van der Waals surface area contributed by atoms with Crippen molar-refractivity contribution in [1.82, 2.24) is 5.32 Å². The van der Waals surface area contributed by atoms with Crippen LogP contribution in [0.1, 0.15) is 28.8 Å². The third kappa shape index (κ3) is 5.73. The van der Waals surface area contributed by atoms with Gasteiger partial charge in [0.2, 0.25) is 5.91 Å². The van der Waals surface area contributed by atoms with E-state index in [9.17, 15) is 19.7 Å². The van der Waals surface area contributed by atoms with Gasteiger partial charge in [0.05, 0.1) is 22.3 Å². The minimum atomic E-state index is -0.497. The van der Waals surface area contributed by atoms with E-state index in [1.165, 1.54) is 24.3 Å². The third-order valence-electron chi connectivity index (χ3n) is 4.45. The molecule has 0 radical (unpaired) electrons. The Labute approximate surface area is 167 Å². The number of nitrogens with zero attached hydrogens (tertiary/aromatic N) is 1. The molecule has 8 heteroatoms. The van der Waals surface area contributed by atoms with Gasteiger partial charge in [0.1, 0.15) is 0 Å². The summed E-state index contributed by atoms with van der Waals surface area (Å²) in [5.74, 6) is -0.741. The zero-order valence-electron chi connectivity index (χ0n) is 15.7. The molecule has 1 atom stereocenters. The first-order chi connectivity index (χ1) is 14.0. The molecule has 0 aromatic heterocycles. The molecule has 1 aliphatic heterocycles. The van der Waals surface area contributed by atoms with Gasteiger partial charge in [-0.25, -0.2) is 0 Å². The van der Waals surface area contributed by atoms with Crippen LogP contribution in [0.15, 0.2) is 54.6 Å². The number of nitro groups is 1. The van der Waals surface area contributed by atoms with Gasteiger partial charge in [-0.1, -0.05) is 24.3 Å². The third-order valence-corrected chi connectivity index (χ3v) is 4.45. The number of carbonyl (C=O) groups is 2. The van der Waals surface area contributed by atoms with Crippen molar-refractivity contribution in [3.05, 3.63) is 75.8 Å². The second-order valence-electron chi connectivity index (χ2n) is 6.57. The predicted octanol–water partition coefficient (Wildman–Crippen LogP) is 3.16. The van der Waals surface area contributed by atoms with Gasteiger partial charge in [0.25, 0.3) is 11.6 Å². The van der Waals surface area contributed by atoms with E-state index < -0.39 is 10.8 Å². The van der Waals surface area contributed by atoms with Crippen molar-refractivity contribution in [1.29, 1.82) is 0 Å². The molecule has 0 aliphatic carbocycles. The van der Waals surface area contributed by atoms with Crippen LogP contribution in [0.5, 0.6) is 0 Å². The number of rotatable bonds is 7. The van der Waals surface area contributed by atoms with E-state index in [0.29, 0.717) is 30.0 Å². The quantitative estimate of drug-likeness (QED) is 0.425. The molecule has 0 unspecified atom stereocenters. The second-order valence-corrected chi connectivity index (χ2v) is 6.57. The van der Waals surface area contributed by atoms with Gasteiger partial charge in [-0.15, -0.1) is 0 Å². The fourth-order valence-electron chi connectivity index (χ4n) is 2.99. The number of ether oxygens (including phenoxy) is 1. The first-order valence-electron chi connectivity index (χ1n) is 9.25. The molecule has 3 rings (SSSR count). The number of para-hydroxylation sites is 1. The number of amides is 2. The second kappa shape index (κ2) is 9.61. The van der Waals surface area contributed by atoms with Gasteiger partial charge in [-0.05, 0) is 36.6 Å². The largest absolute Gasteiger partial charge is 0.376 e. The van der Waals surface area contributed by atoms with Crippen molar-refractivity contribution in [2.45, 2.75) is 18.9 Å². The standard InChI is InChI=1S/C21H21N3O5/c25-20(11-10-15-5-3-6-16(13-15)24(27)28)23-19-9-2-1-8-18(19)21(26)22-14-17-7-4-12-29-17/h1-3,5-6,8-11,13,17H,4,7,12,14H2,(H,22,26)(H,23,25)/b11-10+/t17-/m0/s1. The lowest BCUT2D eigenvalue weighted by molar-refractivity contribution is -0.384. The number of carbonyl (C=O) groups excluding carboxylic acids is 2. The van der Waals surface area contributed by atoms with E-state index in [2.05, 4.69) is 10.6 Å². The SMILES string of the molecule is O=C(/C=C/c1cccc([N+](=O)[O-])c1)Nc1ccccc1C(=O)NC[C@@H]1CCCO1. The predicted molar refractivity (Wildman–Crippen MR) is 109 cm³/mol. The lowest BCUT2D eigenvalue weighted by atomic mass is 10.1. The smallest absolute Gasteiger partial charge is 0.270 e. The van der Waals surface area contributed by atoms with E-state index >= 15 is 0 Å². The molecule has 8 nitrogen and oxygen atoms in total. The summed E-state index contributed by atoms with van der Waals surface area (Å²) in [5, 5.41) is 16.3. The van der Waals surface area contributed by atoms with E-state index in [4.69, 9.17) is 4.74 Å². The fourth-order valence-corrected chi connectivity index (χ4v) is 2.99. The van der Waals surface area contributed by atoms with Gasteiger partial charge in [-0.3, -0.25) is 19.7 Å². The molecule has 1 saturated heterocycles. The molecule has 2 amide bonds. The van der Waals surface area contributed by atoms with Gasteiger partial charge in [-0.2, -0.15) is 0 Å². The molecule has 2 N–H and O–H groups in total. The zero-order chi connectivity index (χ0) is 20.6. The minimum absolute atomic E-state index is 0.0264. The Morgan fingerprint density at radius 1 is 1.21 bits per heavy atom. The number of benzene rings is 2. The summed E-state index contributed by atoms with van der Waals surface area (Å²) in [6.45, 7) is 1.14. The number of hydrogen-bond donors (Lipinski definition) is 2. The molecule has 0 saturated carbocycles. The number of non-ortho nitro benzene ring substituents is 1. The van der Waals surface area contributed by atoms with Gasteiger partial charge >= 0.3 is 0 Å². The van der Waals surface area contributed by atoms with Crippen molar-refractivity contribution >= 4 is 29.3 Å². The summed E-state index contributed by atoms with van der Waals surface area (Å²) in [5.41, 5.74) is 1.20. The van der Waals surface area contributed by atoms with Crippen molar-refractivity contribution in [2.24, 2.45) is 0 Å². The first-order valence-corrected chi connectivity index (χ1v) is 9.25. The van der Waals surface area contributed by atoms with Gasteiger partial charge in [0, 0.05) is 31.4 Å². The highest BCUT2D eigenvalue weighted by atomic mass is 16.6. The van der Waals surface area contributed by atoms with E-state index in [0.717, 1.165) is 12.8 Å². The highest BCUT2D eigenvalue weighted by molar-refractivity contribution is 6.07. The van der Waals surface area contributed by atoms with E-state index in [1.807, 2.05) is 0 Å². The Morgan fingerprint density at radius 2 is 2.03 bits per heavy atom. The van der Waals surface area contributed by atoms with Crippen LogP contribution in [-0.2, 0) is 9.53 Å². The van der Waals surface area contributed by atoms with Crippen LogP contribution < -0.4 is 10.6 Å². The van der Waals surface area contributed by atoms with Crippen molar-refractivity contribution in [3.63, 3.8) is 0 Å². The van der Waals surface area contributed by atoms with E-state index in [1.54, 1.807) is 36.4 Å². The van der Waals surface area contributed by atoms with Crippen molar-refractivity contribution < 1.29 is 19.2 Å². The van der Waals surface area contributed by atoms with Crippen LogP contribution >= 0.6 is 0 Å². The summed E-state index contributed by atoms with van der Waals surface area (Å²) in [4.78, 5) is 35.1. The van der Waals surface area contributed by atoms with Crippen molar-refractivity contribution in [2.75, 3.05) is 18.5 Å². The summed E-state index contributed by atoms with van der Waals surface area (Å²) in [7, 11) is 0. The van der Waals surface area contributed by atoms with Crippen LogP contribution in [0.25, 0.3) is 6.08 Å². The van der Waals surface area contributed by atoms with Crippen molar-refractivity contribution in [3.8, 4) is 0 Å². The van der Waals surface area contributed by atoms with Crippen LogP contribution in [0.2, 0.25) is 0 Å². The van der Waals surface area contributed by atoms with Crippen LogP contribution in [-0.4, -0.2) is 36.0 Å². The van der Waals surface area contributed by atoms with Crippen LogP contribution in [0.4, 0.5) is 11.4 Å². The zero-order valence-corrected chi connectivity index (χ0v) is 15.7. The Morgan fingerprint density at radius 3 is 2.79 bits per heavy atom.